The van der Waals surface area contributed by atoms with Crippen LogP contribution in [0.4, 0.5) is 0 Å². The number of hydrogen-bond acceptors (Lipinski definition) is 7. The van der Waals surface area contributed by atoms with Gasteiger partial charge in [0.15, 0.2) is 11.5 Å². The van der Waals surface area contributed by atoms with Crippen LogP contribution in [0.3, 0.4) is 0 Å². The summed E-state index contributed by atoms with van der Waals surface area (Å²) in [6.45, 7) is 3.73. The smallest absolute Gasteiger partial charge is 0.347 e. The van der Waals surface area contributed by atoms with E-state index in [0.29, 0.717) is 5.56 Å². The van der Waals surface area contributed by atoms with Gasteiger partial charge in [-0.1, -0.05) is 0 Å². The van der Waals surface area contributed by atoms with Crippen LogP contribution in [0.15, 0.2) is 6.07 Å². The number of benzene rings is 2. The molecular weight excluding hydrogens is 344 g/mol. The molecule has 0 saturated heterocycles. The lowest BCUT2D eigenvalue weighted by atomic mass is 10.0. The zero-order valence-electron chi connectivity index (χ0n) is 14.2. The minimum absolute atomic E-state index is 0.0169. The Bertz CT molecular complexity index is 974. The standard InChI is InChI=1S/C18H16O8/c1-6-4-10(20)7(2)14-11(6)18(24)26-16-9(5-19)13(21)12(17(22)23)8(3)15(16)25-14/h4,19-21H,5H2,1-3H3,(H,22,23). The fourth-order valence-corrected chi connectivity index (χ4v) is 2.99. The Kier molecular flexibility index (Phi) is 4.00. The van der Waals surface area contributed by atoms with Gasteiger partial charge in [0.2, 0.25) is 0 Å². The van der Waals surface area contributed by atoms with Crippen molar-refractivity contribution in [3.8, 4) is 28.7 Å². The quantitative estimate of drug-likeness (QED) is 0.474. The highest BCUT2D eigenvalue weighted by Crippen LogP contribution is 2.49. The number of rotatable bonds is 2. The van der Waals surface area contributed by atoms with Crippen LogP contribution in [-0.2, 0) is 6.61 Å². The molecule has 0 atom stereocenters. The summed E-state index contributed by atoms with van der Waals surface area (Å²) in [6.07, 6.45) is 0. The van der Waals surface area contributed by atoms with E-state index in [1.54, 1.807) is 6.92 Å². The maximum absolute atomic E-state index is 12.6. The highest BCUT2D eigenvalue weighted by atomic mass is 16.6. The summed E-state index contributed by atoms with van der Waals surface area (Å²) in [5, 5.41) is 39.2. The highest BCUT2D eigenvalue weighted by molar-refractivity contribution is 6.00. The topological polar surface area (TPSA) is 134 Å². The number of carboxylic acids is 1. The van der Waals surface area contributed by atoms with Crippen molar-refractivity contribution in [1.82, 2.24) is 0 Å². The van der Waals surface area contributed by atoms with E-state index in [-0.39, 0.29) is 45.3 Å². The number of carbonyl (C=O) groups is 2. The molecule has 0 spiro atoms. The van der Waals surface area contributed by atoms with Gasteiger partial charge in [-0.15, -0.1) is 0 Å². The van der Waals surface area contributed by atoms with E-state index in [1.165, 1.54) is 19.9 Å². The van der Waals surface area contributed by atoms with Crippen LogP contribution >= 0.6 is 0 Å². The maximum atomic E-state index is 12.6. The molecule has 2 aromatic rings. The second kappa shape index (κ2) is 5.92. The summed E-state index contributed by atoms with van der Waals surface area (Å²) in [5.41, 5.74) is 0.00185. The molecule has 1 heterocycles. The van der Waals surface area contributed by atoms with Gasteiger partial charge in [0.25, 0.3) is 0 Å². The minimum Gasteiger partial charge on any atom is -0.508 e. The van der Waals surface area contributed by atoms with Crippen LogP contribution in [0.2, 0.25) is 0 Å². The number of ether oxygens (including phenoxy) is 2. The predicted octanol–water partition coefficient (Wildman–Crippen LogP) is 2.54. The van der Waals surface area contributed by atoms with Gasteiger partial charge >= 0.3 is 11.9 Å². The number of aryl methyl sites for hydroxylation is 1. The lowest BCUT2D eigenvalue weighted by Crippen LogP contribution is -2.12. The van der Waals surface area contributed by atoms with E-state index < -0.39 is 29.9 Å². The fourth-order valence-electron chi connectivity index (χ4n) is 2.99. The largest absolute Gasteiger partial charge is 0.508 e. The Morgan fingerprint density at radius 3 is 2.27 bits per heavy atom. The summed E-state index contributed by atoms with van der Waals surface area (Å²) >= 11 is 0. The predicted molar refractivity (Wildman–Crippen MR) is 88.3 cm³/mol. The Hall–Kier alpha value is -3.26. The molecule has 0 bridgehead atoms. The number of phenolic OH excluding ortho intramolecular Hbond substituents is 1. The van der Waals surface area contributed by atoms with Crippen LogP contribution in [0, 0.1) is 20.8 Å². The molecule has 1 aliphatic heterocycles. The summed E-state index contributed by atoms with van der Waals surface area (Å²) in [4.78, 5) is 24.1. The van der Waals surface area contributed by atoms with Gasteiger partial charge in [-0.2, -0.15) is 0 Å². The number of phenols is 2. The van der Waals surface area contributed by atoms with Crippen molar-refractivity contribution in [2.75, 3.05) is 0 Å². The molecule has 2 aromatic carbocycles. The third-order valence-corrected chi connectivity index (χ3v) is 4.39. The maximum Gasteiger partial charge on any atom is 0.347 e. The van der Waals surface area contributed by atoms with Gasteiger partial charge in [-0.25, -0.2) is 9.59 Å². The van der Waals surface area contributed by atoms with Gasteiger partial charge in [0, 0.05) is 11.1 Å². The molecule has 1 aliphatic rings. The molecule has 8 nitrogen and oxygen atoms in total. The molecule has 136 valence electrons. The first-order chi connectivity index (χ1) is 12.2. The third kappa shape index (κ3) is 2.34. The van der Waals surface area contributed by atoms with Crippen LogP contribution in [-0.4, -0.2) is 32.4 Å². The Morgan fingerprint density at radius 2 is 1.69 bits per heavy atom. The van der Waals surface area contributed by atoms with Gasteiger partial charge in [-0.3, -0.25) is 0 Å². The molecule has 0 unspecified atom stereocenters. The zero-order chi connectivity index (χ0) is 19.3. The number of carbonyl (C=O) groups excluding carboxylic acids is 1. The lowest BCUT2D eigenvalue weighted by Gasteiger charge is -2.18. The van der Waals surface area contributed by atoms with E-state index in [1.807, 2.05) is 0 Å². The summed E-state index contributed by atoms with van der Waals surface area (Å²) in [5.74, 6) is -3.39. The van der Waals surface area contributed by atoms with Crippen LogP contribution in [0.1, 0.15) is 43.0 Å². The van der Waals surface area contributed by atoms with E-state index in [9.17, 15) is 30.0 Å². The number of aromatic hydroxyl groups is 2. The Balaban J connectivity index is 2.41. The fraction of sp³-hybridized carbons (Fsp3) is 0.222. The van der Waals surface area contributed by atoms with Gasteiger partial charge in [0.1, 0.15) is 28.4 Å². The molecule has 0 radical (unpaired) electrons. The minimum atomic E-state index is -1.43. The third-order valence-electron chi connectivity index (χ3n) is 4.39. The molecule has 3 rings (SSSR count). The van der Waals surface area contributed by atoms with Gasteiger partial charge < -0.3 is 29.9 Å². The Labute approximate surface area is 147 Å². The number of carboxylic acid groups (broad SMARTS) is 1. The summed E-state index contributed by atoms with van der Waals surface area (Å²) in [6, 6.07) is 1.38. The number of hydrogen-bond donors (Lipinski definition) is 4. The molecular formula is C18H16O8. The van der Waals surface area contributed by atoms with Crippen LogP contribution < -0.4 is 9.47 Å². The van der Waals surface area contributed by atoms with Crippen molar-refractivity contribution in [2.45, 2.75) is 27.4 Å². The van der Waals surface area contributed by atoms with Crippen LogP contribution in [0.5, 0.6) is 28.7 Å². The molecule has 0 aromatic heterocycles. The zero-order valence-corrected chi connectivity index (χ0v) is 14.2. The van der Waals surface area contributed by atoms with E-state index in [4.69, 9.17) is 9.47 Å². The number of aliphatic hydroxyl groups is 1. The van der Waals surface area contributed by atoms with E-state index in [2.05, 4.69) is 0 Å². The molecule has 0 fully saturated rings. The second-order valence-electron chi connectivity index (χ2n) is 5.98. The molecule has 4 N–H and O–H groups in total. The first-order valence-electron chi connectivity index (χ1n) is 7.64. The van der Waals surface area contributed by atoms with Crippen molar-refractivity contribution < 1.29 is 39.5 Å². The lowest BCUT2D eigenvalue weighted by molar-refractivity contribution is 0.0691. The number of aromatic carboxylic acids is 1. The molecule has 0 aliphatic carbocycles. The normalized spacial score (nSPS) is 12.5. The first kappa shape index (κ1) is 17.6. The SMILES string of the molecule is Cc1cc(O)c(C)c2c1C(=O)Oc1c(CO)c(O)c(C(=O)O)c(C)c1O2. The summed E-state index contributed by atoms with van der Waals surface area (Å²) in [7, 11) is 0. The summed E-state index contributed by atoms with van der Waals surface area (Å²) < 4.78 is 11.1. The number of aliphatic hydroxyl groups excluding tert-OH is 1. The molecule has 0 saturated carbocycles. The number of fused-ring (bicyclic) bond motifs is 2. The van der Waals surface area contributed by atoms with Crippen molar-refractivity contribution in [1.29, 1.82) is 0 Å². The van der Waals surface area contributed by atoms with Gasteiger partial charge in [0.05, 0.1) is 12.2 Å². The monoisotopic (exact) mass is 360 g/mol. The second-order valence-corrected chi connectivity index (χ2v) is 5.98. The molecule has 26 heavy (non-hydrogen) atoms. The highest BCUT2D eigenvalue weighted by Gasteiger charge is 2.34. The van der Waals surface area contributed by atoms with E-state index in [0.717, 1.165) is 0 Å². The number of esters is 1. The van der Waals surface area contributed by atoms with Crippen LogP contribution in [0.25, 0.3) is 0 Å². The molecule has 8 heteroatoms. The van der Waals surface area contributed by atoms with Crippen molar-refractivity contribution >= 4 is 11.9 Å². The van der Waals surface area contributed by atoms with Crippen molar-refractivity contribution in [3.63, 3.8) is 0 Å². The first-order valence-corrected chi connectivity index (χ1v) is 7.64. The van der Waals surface area contributed by atoms with Crippen molar-refractivity contribution in [3.05, 3.63) is 39.4 Å². The van der Waals surface area contributed by atoms with Gasteiger partial charge in [-0.05, 0) is 32.4 Å². The Morgan fingerprint density at radius 1 is 1.04 bits per heavy atom. The average Bonchev–Trinajstić information content (AvgIpc) is 2.70. The van der Waals surface area contributed by atoms with Crippen molar-refractivity contribution in [2.24, 2.45) is 0 Å². The molecule has 0 amide bonds. The van der Waals surface area contributed by atoms with E-state index >= 15 is 0 Å². The average molecular weight is 360 g/mol.